The van der Waals surface area contributed by atoms with Crippen LogP contribution in [0.3, 0.4) is 0 Å². The fourth-order valence-corrected chi connectivity index (χ4v) is 2.29. The molecule has 3 nitrogen and oxygen atoms in total. The van der Waals surface area contributed by atoms with Crippen LogP contribution in [-0.2, 0) is 12.3 Å². The molecule has 0 aromatic heterocycles. The molecule has 0 aliphatic rings. The molecule has 0 heterocycles. The second-order valence-corrected chi connectivity index (χ2v) is 5.08. The Labute approximate surface area is 147 Å². The lowest BCUT2D eigenvalue weighted by Crippen LogP contribution is -2.37. The summed E-state index contributed by atoms with van der Waals surface area (Å²) < 4.78 is 13.3. The molecule has 0 bridgehead atoms. The van der Waals surface area contributed by atoms with Crippen LogP contribution in [0.1, 0.15) is 18.1 Å². The van der Waals surface area contributed by atoms with Gasteiger partial charge in [-0.05, 0) is 36.4 Å². The summed E-state index contributed by atoms with van der Waals surface area (Å²) in [6.45, 7) is 7.67. The highest BCUT2D eigenvalue weighted by Crippen LogP contribution is 2.17. The van der Waals surface area contributed by atoms with Crippen LogP contribution in [-0.4, -0.2) is 25.3 Å². The lowest BCUT2D eigenvalue weighted by Gasteiger charge is -2.11. The van der Waals surface area contributed by atoms with Crippen molar-refractivity contribution < 1.29 is 4.39 Å². The largest absolute Gasteiger partial charge is 0.357 e. The number of thioether (sulfide) groups is 1. The van der Waals surface area contributed by atoms with Gasteiger partial charge in [0.2, 0.25) is 0 Å². The van der Waals surface area contributed by atoms with E-state index in [9.17, 15) is 4.39 Å². The van der Waals surface area contributed by atoms with Crippen LogP contribution in [0.2, 0.25) is 0 Å². The van der Waals surface area contributed by atoms with Crippen molar-refractivity contribution in [3.05, 3.63) is 47.8 Å². The van der Waals surface area contributed by atoms with Gasteiger partial charge in [0.25, 0.3) is 0 Å². The fraction of sp³-hybridized carbons (Fsp3) is 0.400. The van der Waals surface area contributed by atoms with E-state index >= 15 is 0 Å². The second-order valence-electron chi connectivity index (χ2n) is 4.21. The summed E-state index contributed by atoms with van der Waals surface area (Å²) in [4.78, 5) is 4.51. The van der Waals surface area contributed by atoms with E-state index in [1.54, 1.807) is 30.0 Å². The Bertz CT molecular complexity index is 466. The molecule has 0 spiro atoms. The van der Waals surface area contributed by atoms with Gasteiger partial charge in [0, 0.05) is 18.8 Å². The molecule has 1 rings (SSSR count). The average Bonchev–Trinajstić information content (AvgIpc) is 2.44. The van der Waals surface area contributed by atoms with Crippen molar-refractivity contribution in [2.45, 2.75) is 19.2 Å². The summed E-state index contributed by atoms with van der Waals surface area (Å²) >= 11 is 1.68. The number of rotatable bonds is 7. The third kappa shape index (κ3) is 7.71. The zero-order valence-corrected chi connectivity index (χ0v) is 15.6. The van der Waals surface area contributed by atoms with E-state index < -0.39 is 0 Å². The van der Waals surface area contributed by atoms with E-state index in [0.717, 1.165) is 29.4 Å². The summed E-state index contributed by atoms with van der Waals surface area (Å²) in [5.41, 5.74) is 2.05. The number of nitrogens with one attached hydrogen (secondary N) is 2. The molecule has 6 heteroatoms. The van der Waals surface area contributed by atoms with Crippen molar-refractivity contribution in [2.24, 2.45) is 4.99 Å². The minimum atomic E-state index is -0.196. The van der Waals surface area contributed by atoms with Crippen molar-refractivity contribution in [2.75, 3.05) is 19.3 Å². The first kappa shape index (κ1) is 20.2. The van der Waals surface area contributed by atoms with E-state index in [2.05, 4.69) is 22.2 Å². The third-order valence-corrected chi connectivity index (χ3v) is 3.23. The zero-order chi connectivity index (χ0) is 14.8. The first-order valence-corrected chi connectivity index (χ1v) is 8.00. The Morgan fingerprint density at radius 2 is 2.14 bits per heavy atom. The summed E-state index contributed by atoms with van der Waals surface area (Å²) in [6.07, 6.45) is 3.79. The van der Waals surface area contributed by atoms with E-state index in [-0.39, 0.29) is 29.8 Å². The number of guanidine groups is 1. The van der Waals surface area contributed by atoms with Crippen molar-refractivity contribution in [3.8, 4) is 0 Å². The van der Waals surface area contributed by atoms with Gasteiger partial charge in [0.15, 0.2) is 5.96 Å². The first-order valence-electron chi connectivity index (χ1n) is 6.60. The van der Waals surface area contributed by atoms with Gasteiger partial charge in [0.1, 0.15) is 5.82 Å². The maximum atomic E-state index is 13.3. The van der Waals surface area contributed by atoms with Gasteiger partial charge >= 0.3 is 0 Å². The number of nitrogens with zero attached hydrogens (tertiary/aromatic N) is 1. The van der Waals surface area contributed by atoms with Crippen molar-refractivity contribution in [1.29, 1.82) is 0 Å². The molecule has 118 valence electrons. The minimum absolute atomic E-state index is 0. The van der Waals surface area contributed by atoms with Gasteiger partial charge in [-0.2, -0.15) is 11.8 Å². The summed E-state index contributed by atoms with van der Waals surface area (Å²) in [6, 6.07) is 4.88. The number of benzene rings is 1. The Hall–Kier alpha value is -0.760. The Balaban J connectivity index is 0.00000400. The normalized spacial score (nSPS) is 10.7. The lowest BCUT2D eigenvalue weighted by atomic mass is 10.1. The minimum Gasteiger partial charge on any atom is -0.357 e. The Morgan fingerprint density at radius 3 is 2.76 bits per heavy atom. The molecule has 0 amide bonds. The molecule has 21 heavy (non-hydrogen) atoms. The van der Waals surface area contributed by atoms with E-state index in [1.165, 1.54) is 6.07 Å². The molecule has 0 aliphatic heterocycles. The summed E-state index contributed by atoms with van der Waals surface area (Å²) in [7, 11) is 0. The highest BCUT2D eigenvalue weighted by molar-refractivity contribution is 14.0. The molecule has 0 unspecified atom stereocenters. The molecule has 1 aromatic carbocycles. The van der Waals surface area contributed by atoms with Crippen LogP contribution in [0.5, 0.6) is 0 Å². The lowest BCUT2D eigenvalue weighted by molar-refractivity contribution is 0.625. The quantitative estimate of drug-likeness (QED) is 0.305. The van der Waals surface area contributed by atoms with Gasteiger partial charge in [-0.15, -0.1) is 30.6 Å². The zero-order valence-electron chi connectivity index (χ0n) is 12.5. The molecule has 0 saturated heterocycles. The molecule has 0 atom stereocenters. The first-order chi connectivity index (χ1) is 9.71. The summed E-state index contributed by atoms with van der Waals surface area (Å²) in [5, 5.41) is 6.31. The standard InChI is InChI=1S/C15H22FN3S.HI/c1-4-8-18-15(17-5-2)19-10-12-6-7-14(16)9-13(12)11-20-3;/h4,6-7,9H,1,5,8,10-11H2,2-3H3,(H2,17,18,19);1H. The van der Waals surface area contributed by atoms with E-state index in [1.807, 2.05) is 13.2 Å². The highest BCUT2D eigenvalue weighted by atomic mass is 127. The molecule has 0 saturated carbocycles. The van der Waals surface area contributed by atoms with Crippen LogP contribution in [0, 0.1) is 5.82 Å². The molecule has 0 fully saturated rings. The molecule has 0 radical (unpaired) electrons. The van der Waals surface area contributed by atoms with Crippen LogP contribution in [0.15, 0.2) is 35.8 Å². The van der Waals surface area contributed by atoms with Gasteiger partial charge in [-0.3, -0.25) is 0 Å². The van der Waals surface area contributed by atoms with Gasteiger partial charge in [-0.1, -0.05) is 12.1 Å². The monoisotopic (exact) mass is 423 g/mol. The van der Waals surface area contributed by atoms with Crippen LogP contribution in [0.25, 0.3) is 0 Å². The maximum absolute atomic E-state index is 13.3. The van der Waals surface area contributed by atoms with E-state index in [0.29, 0.717) is 13.1 Å². The van der Waals surface area contributed by atoms with Gasteiger partial charge < -0.3 is 10.6 Å². The molecular weight excluding hydrogens is 400 g/mol. The van der Waals surface area contributed by atoms with Crippen molar-refractivity contribution in [1.82, 2.24) is 10.6 Å². The van der Waals surface area contributed by atoms with Crippen LogP contribution >= 0.6 is 35.7 Å². The number of hydrogen-bond donors (Lipinski definition) is 2. The second kappa shape index (κ2) is 11.9. The smallest absolute Gasteiger partial charge is 0.191 e. The van der Waals surface area contributed by atoms with Crippen molar-refractivity contribution >= 4 is 41.7 Å². The molecule has 2 N–H and O–H groups in total. The van der Waals surface area contributed by atoms with E-state index in [4.69, 9.17) is 0 Å². The molecule has 1 aromatic rings. The molecule has 0 aliphatic carbocycles. The maximum Gasteiger partial charge on any atom is 0.191 e. The third-order valence-electron chi connectivity index (χ3n) is 2.63. The number of aliphatic imine (C=N–C) groups is 1. The SMILES string of the molecule is C=CCNC(=NCc1ccc(F)cc1CSC)NCC.I. The van der Waals surface area contributed by atoms with Crippen LogP contribution < -0.4 is 10.6 Å². The highest BCUT2D eigenvalue weighted by Gasteiger charge is 2.04. The topological polar surface area (TPSA) is 36.4 Å². The Morgan fingerprint density at radius 1 is 1.38 bits per heavy atom. The van der Waals surface area contributed by atoms with Crippen molar-refractivity contribution in [3.63, 3.8) is 0 Å². The Kier molecular flexibility index (Phi) is 11.4. The van der Waals surface area contributed by atoms with Gasteiger partial charge in [-0.25, -0.2) is 9.38 Å². The summed E-state index contributed by atoms with van der Waals surface area (Å²) in [5.74, 6) is 1.34. The van der Waals surface area contributed by atoms with Gasteiger partial charge in [0.05, 0.1) is 6.54 Å². The molecular formula is C15H23FIN3S. The number of halogens is 2. The number of hydrogen-bond acceptors (Lipinski definition) is 2. The predicted molar refractivity (Wildman–Crippen MR) is 102 cm³/mol. The predicted octanol–water partition coefficient (Wildman–Crippen LogP) is 3.55. The fourth-order valence-electron chi connectivity index (χ4n) is 1.71. The van der Waals surface area contributed by atoms with Crippen LogP contribution in [0.4, 0.5) is 4.39 Å². The average molecular weight is 423 g/mol.